The zero-order valence-electron chi connectivity index (χ0n) is 11.0. The van der Waals surface area contributed by atoms with Gasteiger partial charge in [0, 0.05) is 6.04 Å². The summed E-state index contributed by atoms with van der Waals surface area (Å²) in [5, 5.41) is 0.0431. The second-order valence-electron chi connectivity index (χ2n) is 4.57. The van der Waals surface area contributed by atoms with Gasteiger partial charge in [-0.3, -0.25) is 0 Å². The lowest BCUT2D eigenvalue weighted by Gasteiger charge is -2.12. The molecular weight excluding hydrogens is 322 g/mol. The molecule has 0 saturated carbocycles. The van der Waals surface area contributed by atoms with Gasteiger partial charge >= 0.3 is 0 Å². The van der Waals surface area contributed by atoms with Crippen molar-refractivity contribution < 1.29 is 13.2 Å². The summed E-state index contributed by atoms with van der Waals surface area (Å²) >= 11 is 5.60. The molecule has 0 fully saturated rings. The van der Waals surface area contributed by atoms with E-state index in [2.05, 4.69) is 0 Å². The van der Waals surface area contributed by atoms with Crippen molar-refractivity contribution in [3.05, 3.63) is 70.0 Å². The standard InChI is InChI=1S/C15H13ClF3N.ClH/c16-11-4-3-10(8-13(11)18)15(20)6-2-9-1-5-12(17)14(19)7-9;/h1,3-5,7-8,15H,2,6,20H2;1H. The fourth-order valence-corrected chi connectivity index (χ4v) is 2.04. The summed E-state index contributed by atoms with van der Waals surface area (Å²) in [6, 6.07) is 7.73. The van der Waals surface area contributed by atoms with Gasteiger partial charge in [0.05, 0.1) is 5.02 Å². The normalized spacial score (nSPS) is 11.9. The lowest BCUT2D eigenvalue weighted by molar-refractivity contribution is 0.506. The Morgan fingerprint density at radius 1 is 0.952 bits per heavy atom. The van der Waals surface area contributed by atoms with E-state index in [4.69, 9.17) is 17.3 Å². The van der Waals surface area contributed by atoms with Crippen LogP contribution in [0.2, 0.25) is 5.02 Å². The molecule has 0 saturated heterocycles. The highest BCUT2D eigenvalue weighted by Crippen LogP contribution is 2.22. The second-order valence-corrected chi connectivity index (χ2v) is 4.97. The van der Waals surface area contributed by atoms with Crippen molar-refractivity contribution >= 4 is 24.0 Å². The summed E-state index contributed by atoms with van der Waals surface area (Å²) < 4.78 is 39.2. The second kappa shape index (κ2) is 7.69. The van der Waals surface area contributed by atoms with Gasteiger partial charge < -0.3 is 5.73 Å². The topological polar surface area (TPSA) is 26.0 Å². The van der Waals surface area contributed by atoms with E-state index in [0.717, 1.165) is 12.1 Å². The van der Waals surface area contributed by atoms with Gasteiger partial charge in [-0.25, -0.2) is 13.2 Å². The first-order chi connectivity index (χ1) is 9.47. The summed E-state index contributed by atoms with van der Waals surface area (Å²) in [6.45, 7) is 0. The van der Waals surface area contributed by atoms with Crippen LogP contribution in [0.4, 0.5) is 13.2 Å². The largest absolute Gasteiger partial charge is 0.324 e. The van der Waals surface area contributed by atoms with Crippen LogP contribution in [0.5, 0.6) is 0 Å². The number of benzene rings is 2. The molecular formula is C15H14Cl2F3N. The van der Waals surface area contributed by atoms with Crippen molar-refractivity contribution in [1.29, 1.82) is 0 Å². The minimum absolute atomic E-state index is 0. The van der Waals surface area contributed by atoms with Gasteiger partial charge in [-0.2, -0.15) is 0 Å². The Balaban J connectivity index is 0.00000220. The third kappa shape index (κ3) is 4.63. The number of aryl methyl sites for hydroxylation is 1. The van der Waals surface area contributed by atoms with Crippen molar-refractivity contribution in [3.63, 3.8) is 0 Å². The van der Waals surface area contributed by atoms with E-state index in [-0.39, 0.29) is 17.4 Å². The number of nitrogens with two attached hydrogens (primary N) is 1. The molecule has 1 nitrogen and oxygen atoms in total. The predicted octanol–water partition coefficient (Wildman–Crippen LogP) is 4.81. The van der Waals surface area contributed by atoms with E-state index < -0.39 is 23.5 Å². The Kier molecular flexibility index (Phi) is 6.52. The zero-order valence-corrected chi connectivity index (χ0v) is 12.5. The molecule has 0 amide bonds. The van der Waals surface area contributed by atoms with Gasteiger partial charge in [0.25, 0.3) is 0 Å². The molecule has 1 unspecified atom stereocenters. The average Bonchev–Trinajstić information content (AvgIpc) is 2.43. The van der Waals surface area contributed by atoms with Gasteiger partial charge in [0.15, 0.2) is 11.6 Å². The maximum absolute atomic E-state index is 13.3. The smallest absolute Gasteiger partial charge is 0.159 e. The molecule has 2 aromatic rings. The summed E-state index contributed by atoms with van der Waals surface area (Å²) in [7, 11) is 0. The minimum Gasteiger partial charge on any atom is -0.324 e. The molecule has 0 bridgehead atoms. The van der Waals surface area contributed by atoms with Crippen LogP contribution in [0.15, 0.2) is 36.4 Å². The molecule has 0 radical (unpaired) electrons. The Morgan fingerprint density at radius 2 is 1.67 bits per heavy atom. The molecule has 2 N–H and O–H groups in total. The third-order valence-electron chi connectivity index (χ3n) is 3.10. The molecule has 114 valence electrons. The van der Waals surface area contributed by atoms with Crippen LogP contribution in [-0.2, 0) is 6.42 Å². The predicted molar refractivity (Wildman–Crippen MR) is 80.3 cm³/mol. The fourth-order valence-electron chi connectivity index (χ4n) is 1.93. The van der Waals surface area contributed by atoms with Crippen molar-refractivity contribution in [1.82, 2.24) is 0 Å². The molecule has 0 aliphatic rings. The van der Waals surface area contributed by atoms with Crippen LogP contribution in [0, 0.1) is 17.5 Å². The van der Waals surface area contributed by atoms with Crippen molar-refractivity contribution in [3.8, 4) is 0 Å². The van der Waals surface area contributed by atoms with Crippen LogP contribution in [0.3, 0.4) is 0 Å². The average molecular weight is 336 g/mol. The first-order valence-electron chi connectivity index (χ1n) is 6.12. The van der Waals surface area contributed by atoms with Crippen LogP contribution in [-0.4, -0.2) is 0 Å². The number of hydrogen-bond donors (Lipinski definition) is 1. The van der Waals surface area contributed by atoms with E-state index in [1.165, 1.54) is 18.2 Å². The van der Waals surface area contributed by atoms with Crippen LogP contribution >= 0.6 is 24.0 Å². The van der Waals surface area contributed by atoms with Gasteiger partial charge in [0.2, 0.25) is 0 Å². The van der Waals surface area contributed by atoms with E-state index >= 15 is 0 Å². The van der Waals surface area contributed by atoms with E-state index in [0.29, 0.717) is 24.0 Å². The van der Waals surface area contributed by atoms with Crippen LogP contribution < -0.4 is 5.73 Å². The summed E-state index contributed by atoms with van der Waals surface area (Å²) in [4.78, 5) is 0. The zero-order chi connectivity index (χ0) is 14.7. The third-order valence-corrected chi connectivity index (χ3v) is 3.41. The quantitative estimate of drug-likeness (QED) is 0.852. The molecule has 21 heavy (non-hydrogen) atoms. The molecule has 0 aromatic heterocycles. The molecule has 1 atom stereocenters. The molecule has 6 heteroatoms. The van der Waals surface area contributed by atoms with Gasteiger partial charge in [0.1, 0.15) is 5.82 Å². The number of hydrogen-bond acceptors (Lipinski definition) is 1. The maximum atomic E-state index is 13.3. The lowest BCUT2D eigenvalue weighted by Crippen LogP contribution is -2.11. The molecule has 2 rings (SSSR count). The maximum Gasteiger partial charge on any atom is 0.159 e. The van der Waals surface area contributed by atoms with E-state index in [1.54, 1.807) is 6.07 Å². The SMILES string of the molecule is Cl.NC(CCc1ccc(F)c(F)c1)c1ccc(Cl)c(F)c1. The van der Waals surface area contributed by atoms with E-state index in [1.807, 2.05) is 0 Å². The Hall–Kier alpha value is -1.23. The Morgan fingerprint density at radius 3 is 2.29 bits per heavy atom. The Labute approximate surface area is 132 Å². The number of rotatable bonds is 4. The molecule has 0 heterocycles. The molecule has 0 spiro atoms. The highest BCUT2D eigenvalue weighted by atomic mass is 35.5. The van der Waals surface area contributed by atoms with Crippen LogP contribution in [0.25, 0.3) is 0 Å². The highest BCUT2D eigenvalue weighted by Gasteiger charge is 2.10. The molecule has 0 aliphatic heterocycles. The minimum atomic E-state index is -0.881. The van der Waals surface area contributed by atoms with Crippen molar-refractivity contribution in [2.45, 2.75) is 18.9 Å². The summed E-state index contributed by atoms with van der Waals surface area (Å²) in [6.07, 6.45) is 0.967. The monoisotopic (exact) mass is 335 g/mol. The van der Waals surface area contributed by atoms with Gasteiger partial charge in [-0.15, -0.1) is 12.4 Å². The van der Waals surface area contributed by atoms with E-state index in [9.17, 15) is 13.2 Å². The summed E-state index contributed by atoms with van der Waals surface area (Å²) in [5.41, 5.74) is 7.22. The van der Waals surface area contributed by atoms with Crippen LogP contribution in [0.1, 0.15) is 23.6 Å². The number of halogens is 5. The summed E-state index contributed by atoms with van der Waals surface area (Å²) in [5.74, 6) is -2.28. The lowest BCUT2D eigenvalue weighted by atomic mass is 9.99. The van der Waals surface area contributed by atoms with Gasteiger partial charge in [-0.05, 0) is 48.2 Å². The van der Waals surface area contributed by atoms with Gasteiger partial charge in [-0.1, -0.05) is 23.7 Å². The Bertz CT molecular complexity index is 620. The first-order valence-corrected chi connectivity index (χ1v) is 6.49. The van der Waals surface area contributed by atoms with Crippen molar-refractivity contribution in [2.24, 2.45) is 5.73 Å². The molecule has 2 aromatic carbocycles. The highest BCUT2D eigenvalue weighted by molar-refractivity contribution is 6.30. The first kappa shape index (κ1) is 17.8. The molecule has 0 aliphatic carbocycles. The fraction of sp³-hybridized carbons (Fsp3) is 0.200. The van der Waals surface area contributed by atoms with Crippen molar-refractivity contribution in [2.75, 3.05) is 0 Å².